The molecule has 80 valence electrons. The Kier molecular flexibility index (Phi) is 3.11. The van der Waals surface area contributed by atoms with Gasteiger partial charge in [0.15, 0.2) is 0 Å². The van der Waals surface area contributed by atoms with Gasteiger partial charge >= 0.3 is 5.97 Å². The molecular weight excluding hydrogens is 224 g/mol. The second-order valence-electron chi connectivity index (χ2n) is 2.66. The van der Waals surface area contributed by atoms with Crippen LogP contribution in [0.3, 0.4) is 0 Å². The van der Waals surface area contributed by atoms with Gasteiger partial charge in [-0.3, -0.25) is 10.1 Å². The Morgan fingerprint density at radius 1 is 1.60 bits per heavy atom. The summed E-state index contributed by atoms with van der Waals surface area (Å²) in [5, 5.41) is 21.8. The number of carbonyl (C=O) groups is 1. The fourth-order valence-corrected chi connectivity index (χ4v) is 1.32. The van der Waals surface area contributed by atoms with Gasteiger partial charge in [-0.05, 0) is 6.07 Å². The number of nitrogens with zero attached hydrogens (tertiary/aromatic N) is 1. The van der Waals surface area contributed by atoms with Crippen LogP contribution in [0.5, 0.6) is 0 Å². The molecule has 1 aromatic rings. The molecule has 15 heavy (non-hydrogen) atoms. The number of nitro benzene ring substituents is 1. The predicted octanol–water partition coefficient (Wildman–Crippen LogP) is 1.99. The average Bonchev–Trinajstić information content (AvgIpc) is 2.16. The molecule has 1 rings (SSSR count). The lowest BCUT2D eigenvalue weighted by Gasteiger charge is -2.05. The van der Waals surface area contributed by atoms with E-state index in [0.717, 1.165) is 6.07 Å². The first-order chi connectivity index (χ1) is 6.97. The van der Waals surface area contributed by atoms with Crippen molar-refractivity contribution in [2.45, 2.75) is 0 Å². The first-order valence-corrected chi connectivity index (χ1v) is 4.24. The second-order valence-corrected chi connectivity index (χ2v) is 3.07. The lowest BCUT2D eigenvalue weighted by Crippen LogP contribution is -2.04. The SMILES string of the molecule is CNc1cc(Cl)c([N+](=O)[O-])cc1C(=O)O. The zero-order valence-electron chi connectivity index (χ0n) is 7.65. The average molecular weight is 231 g/mol. The fraction of sp³-hybridized carbons (Fsp3) is 0.125. The molecule has 0 aliphatic heterocycles. The van der Waals surface area contributed by atoms with Crippen LogP contribution in [0, 0.1) is 10.1 Å². The van der Waals surface area contributed by atoms with Gasteiger partial charge in [0.05, 0.1) is 16.2 Å². The molecule has 0 aliphatic rings. The smallest absolute Gasteiger partial charge is 0.338 e. The summed E-state index contributed by atoms with van der Waals surface area (Å²) >= 11 is 5.61. The van der Waals surface area contributed by atoms with E-state index in [1.165, 1.54) is 13.1 Å². The van der Waals surface area contributed by atoms with E-state index in [1.807, 2.05) is 0 Å². The number of hydrogen-bond donors (Lipinski definition) is 2. The zero-order chi connectivity index (χ0) is 11.6. The Bertz CT molecular complexity index is 433. The minimum atomic E-state index is -1.25. The number of carboxylic acid groups (broad SMARTS) is 1. The molecule has 2 N–H and O–H groups in total. The van der Waals surface area contributed by atoms with Gasteiger partial charge in [-0.15, -0.1) is 0 Å². The summed E-state index contributed by atoms with van der Waals surface area (Å²) in [7, 11) is 1.50. The third-order valence-corrected chi connectivity index (χ3v) is 2.09. The Hall–Kier alpha value is -1.82. The number of halogens is 1. The van der Waals surface area contributed by atoms with E-state index >= 15 is 0 Å². The molecule has 0 aromatic heterocycles. The number of rotatable bonds is 3. The van der Waals surface area contributed by atoms with E-state index in [0.29, 0.717) is 0 Å². The van der Waals surface area contributed by atoms with Crippen molar-refractivity contribution in [3.8, 4) is 0 Å². The summed E-state index contributed by atoms with van der Waals surface area (Å²) in [5.41, 5.74) is -0.375. The summed E-state index contributed by atoms with van der Waals surface area (Å²) in [6.45, 7) is 0. The van der Waals surface area contributed by atoms with Crippen molar-refractivity contribution in [3.05, 3.63) is 32.8 Å². The molecule has 0 amide bonds. The van der Waals surface area contributed by atoms with Crippen molar-refractivity contribution < 1.29 is 14.8 Å². The van der Waals surface area contributed by atoms with Gasteiger partial charge in [0.25, 0.3) is 5.69 Å². The third-order valence-electron chi connectivity index (χ3n) is 1.78. The van der Waals surface area contributed by atoms with Gasteiger partial charge in [0, 0.05) is 13.1 Å². The maximum absolute atomic E-state index is 10.8. The van der Waals surface area contributed by atoms with Crippen molar-refractivity contribution in [3.63, 3.8) is 0 Å². The van der Waals surface area contributed by atoms with Crippen LogP contribution >= 0.6 is 11.6 Å². The van der Waals surface area contributed by atoms with E-state index in [1.54, 1.807) is 0 Å². The van der Waals surface area contributed by atoms with Crippen LogP contribution in [0.2, 0.25) is 5.02 Å². The minimum absolute atomic E-state index is 0.102. The summed E-state index contributed by atoms with van der Waals surface area (Å²) in [6.07, 6.45) is 0. The predicted molar refractivity (Wildman–Crippen MR) is 54.6 cm³/mol. The lowest BCUT2D eigenvalue weighted by molar-refractivity contribution is -0.384. The molecule has 0 aliphatic carbocycles. The van der Waals surface area contributed by atoms with Crippen molar-refractivity contribution in [2.75, 3.05) is 12.4 Å². The Morgan fingerprint density at radius 2 is 2.20 bits per heavy atom. The van der Waals surface area contributed by atoms with Gasteiger partial charge in [-0.25, -0.2) is 4.79 Å². The number of carboxylic acids is 1. The van der Waals surface area contributed by atoms with Crippen LogP contribution in [0.25, 0.3) is 0 Å². The highest BCUT2D eigenvalue weighted by atomic mass is 35.5. The zero-order valence-corrected chi connectivity index (χ0v) is 8.41. The van der Waals surface area contributed by atoms with Gasteiger partial charge in [-0.1, -0.05) is 11.6 Å². The number of nitrogens with one attached hydrogen (secondary N) is 1. The van der Waals surface area contributed by atoms with Gasteiger partial charge in [0.1, 0.15) is 5.02 Å². The Morgan fingerprint density at radius 3 is 2.60 bits per heavy atom. The molecule has 0 fully saturated rings. The maximum Gasteiger partial charge on any atom is 0.338 e. The summed E-state index contributed by atoms with van der Waals surface area (Å²) in [5.74, 6) is -1.25. The highest BCUT2D eigenvalue weighted by Crippen LogP contribution is 2.30. The highest BCUT2D eigenvalue weighted by Gasteiger charge is 2.19. The van der Waals surface area contributed by atoms with E-state index < -0.39 is 16.6 Å². The van der Waals surface area contributed by atoms with E-state index in [-0.39, 0.29) is 16.3 Å². The number of aromatic carboxylic acids is 1. The summed E-state index contributed by atoms with van der Waals surface area (Å²) < 4.78 is 0. The van der Waals surface area contributed by atoms with Gasteiger partial charge < -0.3 is 10.4 Å². The normalized spacial score (nSPS) is 9.73. The molecule has 0 saturated heterocycles. The fourth-order valence-electron chi connectivity index (χ4n) is 1.09. The van der Waals surface area contributed by atoms with Crippen LogP contribution < -0.4 is 5.32 Å². The van der Waals surface area contributed by atoms with Crippen molar-refractivity contribution in [1.82, 2.24) is 0 Å². The van der Waals surface area contributed by atoms with Crippen LogP contribution in [-0.2, 0) is 0 Å². The molecule has 0 radical (unpaired) electrons. The first kappa shape index (κ1) is 11.3. The maximum atomic E-state index is 10.8. The standard InChI is InChI=1S/C8H7ClN2O4/c1-10-6-3-5(9)7(11(14)15)2-4(6)8(12)13/h2-3,10H,1H3,(H,12,13). The lowest BCUT2D eigenvalue weighted by atomic mass is 10.1. The third kappa shape index (κ3) is 2.16. The molecule has 0 saturated carbocycles. The molecule has 0 heterocycles. The molecule has 1 aromatic carbocycles. The molecule has 7 heteroatoms. The van der Waals surface area contributed by atoms with E-state index in [9.17, 15) is 14.9 Å². The monoisotopic (exact) mass is 230 g/mol. The molecule has 0 unspecified atom stereocenters. The summed E-state index contributed by atoms with van der Waals surface area (Å²) in [4.78, 5) is 20.5. The molecular formula is C8H7ClN2O4. The second kappa shape index (κ2) is 4.14. The number of hydrogen-bond acceptors (Lipinski definition) is 4. The van der Waals surface area contributed by atoms with Crippen molar-refractivity contribution >= 4 is 28.9 Å². The van der Waals surface area contributed by atoms with E-state index in [2.05, 4.69) is 5.32 Å². The van der Waals surface area contributed by atoms with Crippen LogP contribution in [0.15, 0.2) is 12.1 Å². The van der Waals surface area contributed by atoms with Crippen LogP contribution in [-0.4, -0.2) is 23.0 Å². The highest BCUT2D eigenvalue weighted by molar-refractivity contribution is 6.33. The molecule has 6 nitrogen and oxygen atoms in total. The number of anilines is 1. The summed E-state index contributed by atoms with van der Waals surface area (Å²) in [6, 6.07) is 2.14. The van der Waals surface area contributed by atoms with Gasteiger partial charge in [-0.2, -0.15) is 0 Å². The first-order valence-electron chi connectivity index (χ1n) is 3.86. The molecule has 0 spiro atoms. The van der Waals surface area contributed by atoms with E-state index in [4.69, 9.17) is 16.7 Å². The largest absolute Gasteiger partial charge is 0.478 e. The van der Waals surface area contributed by atoms with Crippen LogP contribution in [0.4, 0.5) is 11.4 Å². The molecule has 0 atom stereocenters. The van der Waals surface area contributed by atoms with Crippen LogP contribution in [0.1, 0.15) is 10.4 Å². The topological polar surface area (TPSA) is 92.5 Å². The molecule has 0 bridgehead atoms. The quantitative estimate of drug-likeness (QED) is 0.612. The number of nitro groups is 1. The van der Waals surface area contributed by atoms with Crippen molar-refractivity contribution in [2.24, 2.45) is 0 Å². The number of benzene rings is 1. The van der Waals surface area contributed by atoms with Crippen molar-refractivity contribution in [1.29, 1.82) is 0 Å². The van der Waals surface area contributed by atoms with Gasteiger partial charge in [0.2, 0.25) is 0 Å². The minimum Gasteiger partial charge on any atom is -0.478 e. The Labute approximate surface area is 89.6 Å². The Balaban J connectivity index is 3.43.